The van der Waals surface area contributed by atoms with Crippen molar-refractivity contribution in [2.75, 3.05) is 65.7 Å². The van der Waals surface area contributed by atoms with Gasteiger partial charge in [0.15, 0.2) is 0 Å². The number of allylic oxidation sites excluding steroid dienone is 1. The summed E-state index contributed by atoms with van der Waals surface area (Å²) in [7, 11) is 0. The number of amides is 2. The summed E-state index contributed by atoms with van der Waals surface area (Å²) >= 11 is 1.69. The van der Waals surface area contributed by atoms with E-state index in [4.69, 9.17) is 9.47 Å². The molecule has 4 fully saturated rings. The van der Waals surface area contributed by atoms with E-state index in [2.05, 4.69) is 18.1 Å². The van der Waals surface area contributed by atoms with Crippen LogP contribution in [-0.2, 0) is 23.9 Å². The first-order valence-electron chi connectivity index (χ1n) is 15.0. The molecule has 0 aromatic heterocycles. The number of hydrogen-bond acceptors (Lipinski definition) is 8. The molecule has 4 aliphatic rings. The number of likely N-dealkylation sites (tertiary alicyclic amines) is 1. The molecule has 2 amide bonds. The molecule has 0 aliphatic carbocycles. The zero-order chi connectivity index (χ0) is 28.5. The second-order valence-corrected chi connectivity index (χ2v) is 13.0. The van der Waals surface area contributed by atoms with Crippen molar-refractivity contribution >= 4 is 29.5 Å². The Kier molecular flexibility index (Phi) is 11.5. The third-order valence-electron chi connectivity index (χ3n) is 8.86. The Morgan fingerprint density at radius 3 is 2.65 bits per heavy atom. The molecule has 2 bridgehead atoms. The number of esters is 1. The number of ether oxygens (including phenoxy) is 2. The Hall–Kier alpha value is -1.88. The standard InChI is InChI=1S/C30H47N3O6S/c1-3-5-6-10-20-39-29(37)24-23-11-12-30(40-23)25(24)27(35)33(14-8-7-9-19-34)26(30)28(36)32(13-4-2)16-15-31-17-21-38-22-18-31/h3-4,23-26,34H,1-2,5-22H2/t23-,24+,25+,26?,30?/m1/s1. The minimum absolute atomic E-state index is 0.00247. The predicted octanol–water partition coefficient (Wildman–Crippen LogP) is 2.49. The van der Waals surface area contributed by atoms with Gasteiger partial charge >= 0.3 is 5.97 Å². The molecule has 0 saturated carbocycles. The third kappa shape index (κ3) is 6.61. The first kappa shape index (κ1) is 31.1. The van der Waals surface area contributed by atoms with Gasteiger partial charge in [0.25, 0.3) is 0 Å². The second kappa shape index (κ2) is 14.8. The fraction of sp³-hybridized carbons (Fsp3) is 0.767. The number of carbonyl (C=O) groups is 3. The maximum absolute atomic E-state index is 14.4. The van der Waals surface area contributed by atoms with E-state index >= 15 is 0 Å². The summed E-state index contributed by atoms with van der Waals surface area (Å²) in [6.45, 7) is 13.3. The Morgan fingerprint density at radius 2 is 1.93 bits per heavy atom. The number of fused-ring (bicyclic) bond motifs is 1. The smallest absolute Gasteiger partial charge is 0.310 e. The van der Waals surface area contributed by atoms with Crippen LogP contribution in [0.2, 0.25) is 0 Å². The van der Waals surface area contributed by atoms with E-state index in [0.29, 0.717) is 52.3 Å². The minimum Gasteiger partial charge on any atom is -0.465 e. The van der Waals surface area contributed by atoms with Gasteiger partial charge in [0, 0.05) is 51.1 Å². The first-order valence-corrected chi connectivity index (χ1v) is 15.9. The molecular formula is C30H47N3O6S. The van der Waals surface area contributed by atoms with E-state index in [0.717, 1.165) is 58.2 Å². The SMILES string of the molecule is C=CCCCCOC(=O)[C@@H]1[C@H]2C(=O)N(CCCCCO)C(C(=O)N(CC=C)CCN3CCOCC3)C23CC[C@H]1S3. The van der Waals surface area contributed by atoms with Gasteiger partial charge in [0.05, 0.1) is 36.4 Å². The van der Waals surface area contributed by atoms with Crippen LogP contribution in [0.25, 0.3) is 0 Å². The van der Waals surface area contributed by atoms with E-state index in [-0.39, 0.29) is 29.6 Å². The van der Waals surface area contributed by atoms with E-state index in [1.165, 1.54) is 0 Å². The Morgan fingerprint density at radius 1 is 1.12 bits per heavy atom. The molecule has 0 radical (unpaired) electrons. The quantitative estimate of drug-likeness (QED) is 0.160. The van der Waals surface area contributed by atoms with Crippen molar-refractivity contribution < 1.29 is 29.0 Å². The van der Waals surface area contributed by atoms with Gasteiger partial charge in [-0.15, -0.1) is 24.9 Å². The van der Waals surface area contributed by atoms with Gasteiger partial charge in [-0.3, -0.25) is 19.3 Å². The fourth-order valence-corrected chi connectivity index (χ4v) is 9.08. The van der Waals surface area contributed by atoms with Gasteiger partial charge in [-0.25, -0.2) is 0 Å². The van der Waals surface area contributed by atoms with Crippen LogP contribution in [0, 0.1) is 11.8 Å². The highest BCUT2D eigenvalue weighted by atomic mass is 32.2. The molecule has 40 heavy (non-hydrogen) atoms. The fourth-order valence-electron chi connectivity index (χ4n) is 6.88. The number of unbranched alkanes of at least 4 members (excludes halogenated alkanes) is 4. The van der Waals surface area contributed by atoms with Crippen LogP contribution in [0.5, 0.6) is 0 Å². The van der Waals surface area contributed by atoms with Crippen molar-refractivity contribution in [1.29, 1.82) is 0 Å². The Bertz CT molecular complexity index is 912. The molecule has 0 aromatic carbocycles. The molecule has 0 aromatic rings. The number of morpholine rings is 1. The van der Waals surface area contributed by atoms with Crippen molar-refractivity contribution in [2.45, 2.75) is 67.4 Å². The lowest BCUT2D eigenvalue weighted by Crippen LogP contribution is -2.56. The van der Waals surface area contributed by atoms with E-state index in [9.17, 15) is 19.5 Å². The van der Waals surface area contributed by atoms with E-state index < -0.39 is 22.6 Å². The van der Waals surface area contributed by atoms with Crippen LogP contribution >= 0.6 is 11.8 Å². The highest BCUT2D eigenvalue weighted by molar-refractivity contribution is 8.02. The van der Waals surface area contributed by atoms with Crippen LogP contribution < -0.4 is 0 Å². The molecule has 10 heteroatoms. The maximum atomic E-state index is 14.4. The predicted molar refractivity (Wildman–Crippen MR) is 156 cm³/mol. The molecule has 224 valence electrons. The molecule has 4 heterocycles. The van der Waals surface area contributed by atoms with Crippen molar-refractivity contribution in [3.05, 3.63) is 25.3 Å². The second-order valence-electron chi connectivity index (χ2n) is 11.4. The molecular weight excluding hydrogens is 530 g/mol. The summed E-state index contributed by atoms with van der Waals surface area (Å²) in [5, 5.41) is 9.26. The van der Waals surface area contributed by atoms with E-state index in [1.807, 2.05) is 11.0 Å². The number of thioether (sulfide) groups is 1. The number of carbonyl (C=O) groups excluding carboxylic acids is 3. The molecule has 4 aliphatic heterocycles. The van der Waals surface area contributed by atoms with Crippen LogP contribution in [0.3, 0.4) is 0 Å². The topological polar surface area (TPSA) is 99.6 Å². The summed E-state index contributed by atoms with van der Waals surface area (Å²) in [5.41, 5.74) is 0. The number of rotatable bonds is 17. The van der Waals surface area contributed by atoms with Gasteiger partial charge in [0.1, 0.15) is 6.04 Å². The van der Waals surface area contributed by atoms with Crippen molar-refractivity contribution in [3.8, 4) is 0 Å². The Labute approximate surface area is 243 Å². The minimum atomic E-state index is -0.610. The summed E-state index contributed by atoms with van der Waals surface area (Å²) in [6.07, 6.45) is 9.87. The summed E-state index contributed by atoms with van der Waals surface area (Å²) in [6, 6.07) is -0.607. The summed E-state index contributed by atoms with van der Waals surface area (Å²) in [5.74, 6) is -1.46. The van der Waals surface area contributed by atoms with Gasteiger partial charge < -0.3 is 24.4 Å². The Balaban J connectivity index is 1.54. The van der Waals surface area contributed by atoms with Gasteiger partial charge in [0.2, 0.25) is 11.8 Å². The highest BCUT2D eigenvalue weighted by Crippen LogP contribution is 2.66. The van der Waals surface area contributed by atoms with Crippen LogP contribution in [0.15, 0.2) is 25.3 Å². The first-order chi connectivity index (χ1) is 19.5. The maximum Gasteiger partial charge on any atom is 0.310 e. The lowest BCUT2D eigenvalue weighted by atomic mass is 9.71. The molecule has 9 nitrogen and oxygen atoms in total. The molecule has 1 N–H and O–H groups in total. The summed E-state index contributed by atoms with van der Waals surface area (Å²) < 4.78 is 10.6. The zero-order valence-corrected chi connectivity index (χ0v) is 24.7. The van der Waals surface area contributed by atoms with Crippen molar-refractivity contribution in [2.24, 2.45) is 11.8 Å². The molecule has 2 unspecified atom stereocenters. The van der Waals surface area contributed by atoms with Crippen molar-refractivity contribution in [1.82, 2.24) is 14.7 Å². The number of nitrogens with zero attached hydrogens (tertiary/aromatic N) is 3. The van der Waals surface area contributed by atoms with Crippen LogP contribution in [0.1, 0.15) is 51.4 Å². The molecule has 4 saturated heterocycles. The lowest BCUT2D eigenvalue weighted by Gasteiger charge is -2.38. The monoisotopic (exact) mass is 577 g/mol. The zero-order valence-electron chi connectivity index (χ0n) is 23.8. The highest BCUT2D eigenvalue weighted by Gasteiger charge is 2.74. The molecule has 5 atom stereocenters. The van der Waals surface area contributed by atoms with E-state index in [1.54, 1.807) is 22.7 Å². The number of aliphatic hydroxyl groups excluding tert-OH is 1. The normalized spacial score (nSPS) is 29.4. The van der Waals surface area contributed by atoms with Gasteiger partial charge in [-0.2, -0.15) is 0 Å². The molecule has 1 spiro atoms. The van der Waals surface area contributed by atoms with Crippen molar-refractivity contribution in [3.63, 3.8) is 0 Å². The number of hydrogen-bond donors (Lipinski definition) is 1. The van der Waals surface area contributed by atoms with Gasteiger partial charge in [-0.05, 0) is 51.4 Å². The van der Waals surface area contributed by atoms with Gasteiger partial charge in [-0.1, -0.05) is 12.2 Å². The largest absolute Gasteiger partial charge is 0.465 e. The van der Waals surface area contributed by atoms with Crippen LogP contribution in [0.4, 0.5) is 0 Å². The average Bonchev–Trinajstić information content (AvgIpc) is 3.61. The third-order valence-corrected chi connectivity index (χ3v) is 10.8. The summed E-state index contributed by atoms with van der Waals surface area (Å²) in [4.78, 5) is 47.8. The van der Waals surface area contributed by atoms with Crippen LogP contribution in [-0.4, -0.2) is 119 Å². The average molecular weight is 578 g/mol. The lowest BCUT2D eigenvalue weighted by molar-refractivity contribution is -0.154. The number of aliphatic hydroxyl groups is 1. The molecule has 4 rings (SSSR count).